The molecule has 3 rings (SSSR count). The Labute approximate surface area is 147 Å². The van der Waals surface area contributed by atoms with Gasteiger partial charge in [-0.2, -0.15) is 4.31 Å². The van der Waals surface area contributed by atoms with Gasteiger partial charge in [-0.15, -0.1) is 0 Å². The minimum atomic E-state index is -3.72. The topological polar surface area (TPSA) is 88.2 Å². The highest BCUT2D eigenvalue weighted by Gasteiger charge is 2.35. The second-order valence-corrected chi connectivity index (χ2v) is 8.01. The van der Waals surface area contributed by atoms with Crippen LogP contribution >= 0.6 is 0 Å². The van der Waals surface area contributed by atoms with E-state index in [0.717, 1.165) is 0 Å². The first kappa shape index (κ1) is 18.0. The number of piperazine rings is 1. The normalized spacial score (nSPS) is 19.4. The number of hydrogen-bond donors (Lipinski definition) is 1. The first-order chi connectivity index (χ1) is 12.0. The first-order valence-electron chi connectivity index (χ1n) is 8.19. The molecule has 9 heteroatoms. The van der Waals surface area contributed by atoms with E-state index in [1.165, 1.54) is 24.6 Å². The third kappa shape index (κ3) is 3.44. The van der Waals surface area contributed by atoms with Crippen LogP contribution in [0, 0.1) is 5.92 Å². The van der Waals surface area contributed by atoms with Gasteiger partial charge in [0, 0.05) is 45.3 Å². The molecule has 0 unspecified atom stereocenters. The van der Waals surface area contributed by atoms with E-state index in [9.17, 15) is 13.2 Å². The summed E-state index contributed by atoms with van der Waals surface area (Å²) in [7, 11) is -0.802. The second-order valence-electron chi connectivity index (χ2n) is 6.10. The predicted octanol–water partition coefficient (Wildman–Crippen LogP) is -0.244. The van der Waals surface area contributed by atoms with Crippen LogP contribution in [-0.4, -0.2) is 77.0 Å². The van der Waals surface area contributed by atoms with Crippen molar-refractivity contribution in [3.8, 4) is 11.5 Å². The Morgan fingerprint density at radius 2 is 1.80 bits per heavy atom. The molecule has 1 aromatic rings. The number of rotatable bonds is 5. The molecule has 2 aliphatic heterocycles. The van der Waals surface area contributed by atoms with Gasteiger partial charge >= 0.3 is 0 Å². The summed E-state index contributed by atoms with van der Waals surface area (Å²) < 4.78 is 37.7. The van der Waals surface area contributed by atoms with Crippen molar-refractivity contribution >= 4 is 15.9 Å². The molecule has 2 fully saturated rings. The van der Waals surface area contributed by atoms with Crippen LogP contribution in [0.2, 0.25) is 0 Å². The van der Waals surface area contributed by atoms with E-state index in [-0.39, 0.29) is 35.6 Å². The average molecular weight is 369 g/mol. The molecule has 2 heterocycles. The molecule has 2 saturated heterocycles. The fourth-order valence-electron chi connectivity index (χ4n) is 3.00. The SMILES string of the molecule is COc1ccc(OC)c(S(=O)(=O)N2CCN(C(=O)C3CNC3)CC2)c1. The molecule has 0 aliphatic carbocycles. The molecule has 0 saturated carbocycles. The number of amides is 1. The van der Waals surface area contributed by atoms with Crippen molar-refractivity contribution in [2.75, 3.05) is 53.5 Å². The second kappa shape index (κ2) is 7.19. The van der Waals surface area contributed by atoms with Crippen LogP contribution in [-0.2, 0) is 14.8 Å². The quantitative estimate of drug-likeness (QED) is 0.771. The van der Waals surface area contributed by atoms with Crippen LogP contribution in [0.1, 0.15) is 0 Å². The van der Waals surface area contributed by atoms with Crippen LogP contribution in [0.3, 0.4) is 0 Å². The first-order valence-corrected chi connectivity index (χ1v) is 9.63. The molecule has 2 aliphatic rings. The lowest BCUT2D eigenvalue weighted by Crippen LogP contribution is -2.57. The number of ether oxygens (including phenoxy) is 2. The molecule has 1 aromatic carbocycles. The summed E-state index contributed by atoms with van der Waals surface area (Å²) in [5.74, 6) is 0.863. The Balaban J connectivity index is 1.74. The minimum absolute atomic E-state index is 0.0293. The third-order valence-corrected chi connectivity index (χ3v) is 6.59. The number of hydrogen-bond acceptors (Lipinski definition) is 6. The lowest BCUT2D eigenvalue weighted by molar-refractivity contribution is -0.138. The van der Waals surface area contributed by atoms with E-state index in [1.807, 2.05) is 0 Å². The molecule has 1 N–H and O–H groups in total. The van der Waals surface area contributed by atoms with Gasteiger partial charge in [-0.05, 0) is 12.1 Å². The average Bonchev–Trinajstić information content (AvgIpc) is 2.59. The molecular formula is C16H23N3O5S. The zero-order chi connectivity index (χ0) is 18.0. The summed E-state index contributed by atoms with van der Waals surface area (Å²) in [6, 6.07) is 4.70. The van der Waals surface area contributed by atoms with Gasteiger partial charge in [-0.1, -0.05) is 0 Å². The van der Waals surface area contributed by atoms with E-state index in [1.54, 1.807) is 17.0 Å². The van der Waals surface area contributed by atoms with E-state index in [4.69, 9.17) is 9.47 Å². The molecular weight excluding hydrogens is 346 g/mol. The third-order valence-electron chi connectivity index (χ3n) is 4.67. The van der Waals surface area contributed by atoms with E-state index in [0.29, 0.717) is 31.9 Å². The van der Waals surface area contributed by atoms with E-state index in [2.05, 4.69) is 5.32 Å². The maximum atomic E-state index is 13.0. The number of carbonyl (C=O) groups is 1. The van der Waals surface area contributed by atoms with Crippen LogP contribution in [0.5, 0.6) is 11.5 Å². The Bertz CT molecular complexity index is 740. The highest BCUT2D eigenvalue weighted by molar-refractivity contribution is 7.89. The van der Waals surface area contributed by atoms with Gasteiger partial charge in [0.25, 0.3) is 0 Å². The summed E-state index contributed by atoms with van der Waals surface area (Å²) in [6.07, 6.45) is 0. The van der Waals surface area contributed by atoms with Crippen molar-refractivity contribution in [3.05, 3.63) is 18.2 Å². The number of benzene rings is 1. The maximum absolute atomic E-state index is 13.0. The van der Waals surface area contributed by atoms with Gasteiger partial charge in [-0.3, -0.25) is 4.79 Å². The van der Waals surface area contributed by atoms with Crippen molar-refractivity contribution in [3.63, 3.8) is 0 Å². The van der Waals surface area contributed by atoms with Gasteiger partial charge in [0.1, 0.15) is 16.4 Å². The molecule has 0 radical (unpaired) electrons. The summed E-state index contributed by atoms with van der Waals surface area (Å²) in [5.41, 5.74) is 0. The molecule has 25 heavy (non-hydrogen) atoms. The summed E-state index contributed by atoms with van der Waals surface area (Å²) >= 11 is 0. The predicted molar refractivity (Wildman–Crippen MR) is 91.2 cm³/mol. The zero-order valence-corrected chi connectivity index (χ0v) is 15.2. The summed E-state index contributed by atoms with van der Waals surface area (Å²) in [5, 5.41) is 3.08. The van der Waals surface area contributed by atoms with Crippen LogP contribution in [0.25, 0.3) is 0 Å². The lowest BCUT2D eigenvalue weighted by atomic mass is 10.0. The zero-order valence-electron chi connectivity index (χ0n) is 14.4. The Morgan fingerprint density at radius 1 is 1.12 bits per heavy atom. The molecule has 1 amide bonds. The lowest BCUT2D eigenvalue weighted by Gasteiger charge is -2.38. The van der Waals surface area contributed by atoms with Gasteiger partial charge in [0.2, 0.25) is 15.9 Å². The fourth-order valence-corrected chi connectivity index (χ4v) is 4.59. The Kier molecular flexibility index (Phi) is 5.16. The van der Waals surface area contributed by atoms with E-state index >= 15 is 0 Å². The number of nitrogens with zero attached hydrogens (tertiary/aromatic N) is 2. The number of methoxy groups -OCH3 is 2. The van der Waals surface area contributed by atoms with Gasteiger partial charge < -0.3 is 19.7 Å². The summed E-state index contributed by atoms with van der Waals surface area (Å²) in [4.78, 5) is 14.1. The Morgan fingerprint density at radius 3 is 2.32 bits per heavy atom. The van der Waals surface area contributed by atoms with Crippen LogP contribution in [0.15, 0.2) is 23.1 Å². The van der Waals surface area contributed by atoms with E-state index < -0.39 is 10.0 Å². The largest absolute Gasteiger partial charge is 0.497 e. The van der Waals surface area contributed by atoms with Crippen molar-refractivity contribution in [1.82, 2.24) is 14.5 Å². The Hall–Kier alpha value is -1.84. The molecule has 8 nitrogen and oxygen atoms in total. The van der Waals surface area contributed by atoms with Crippen molar-refractivity contribution in [2.45, 2.75) is 4.90 Å². The number of carbonyl (C=O) groups excluding carboxylic acids is 1. The molecule has 0 aromatic heterocycles. The molecule has 0 atom stereocenters. The molecule has 0 spiro atoms. The standard InChI is InChI=1S/C16H23N3O5S/c1-23-13-3-4-14(24-2)15(9-13)25(21,22)19-7-5-18(6-8-19)16(20)12-10-17-11-12/h3-4,9,12,17H,5-8,10-11H2,1-2H3. The van der Waals surface area contributed by atoms with Crippen molar-refractivity contribution in [2.24, 2.45) is 5.92 Å². The smallest absolute Gasteiger partial charge is 0.247 e. The monoisotopic (exact) mass is 369 g/mol. The van der Waals surface area contributed by atoms with Gasteiger partial charge in [0.15, 0.2) is 0 Å². The van der Waals surface area contributed by atoms with Crippen LogP contribution < -0.4 is 14.8 Å². The van der Waals surface area contributed by atoms with Crippen LogP contribution in [0.4, 0.5) is 0 Å². The van der Waals surface area contributed by atoms with Gasteiger partial charge in [-0.25, -0.2) is 8.42 Å². The maximum Gasteiger partial charge on any atom is 0.247 e. The van der Waals surface area contributed by atoms with Crippen molar-refractivity contribution in [1.29, 1.82) is 0 Å². The highest BCUT2D eigenvalue weighted by atomic mass is 32.2. The van der Waals surface area contributed by atoms with Crippen molar-refractivity contribution < 1.29 is 22.7 Å². The van der Waals surface area contributed by atoms with Gasteiger partial charge in [0.05, 0.1) is 20.1 Å². The number of sulfonamides is 1. The molecule has 0 bridgehead atoms. The minimum Gasteiger partial charge on any atom is -0.497 e. The highest BCUT2D eigenvalue weighted by Crippen LogP contribution is 2.31. The fraction of sp³-hybridized carbons (Fsp3) is 0.562. The molecule has 138 valence electrons. The summed E-state index contributed by atoms with van der Waals surface area (Å²) in [6.45, 7) is 2.77. The number of nitrogens with one attached hydrogen (secondary N) is 1.